The summed E-state index contributed by atoms with van der Waals surface area (Å²) in [5, 5.41) is 18.6. The SMILES string of the molecule is CC(=O)CCn1cc2c(n1)CCC(C(C)C)(C(C)(C)C)C2.CC(=O)Cn1cc2c(n1)CCC(C(C)C)(C(C)(C)C)C2.CC(=O)Cn1ncc2c1CCC(C(C)C)(C(C)(C)C)C2.CC(=O)N1CCC(n2ccc3c2CCC(C(C)C)(C(C)(C)C)C3)CC1.CC(=O)c1ccc(-n2cc3c(n2)CCC(C(C)C)(C(C)(C)C)C3)cc1. The molecule has 0 spiro atoms. The monoisotopic (exact) mass is 1530 g/mol. The van der Waals surface area contributed by atoms with Gasteiger partial charge >= 0.3 is 0 Å². The maximum absolute atomic E-state index is 11.6. The van der Waals surface area contributed by atoms with E-state index in [1.54, 1.807) is 45.9 Å². The predicted octanol–water partition coefficient (Wildman–Crippen LogP) is 21.4. The molecule has 1 aromatic carbocycles. The number of benzene rings is 1. The normalized spacial score (nSPS) is 22.9. The molecule has 1 aliphatic heterocycles. The largest absolute Gasteiger partial charge is 0.348 e. The van der Waals surface area contributed by atoms with Crippen molar-refractivity contribution < 1.29 is 24.0 Å². The maximum atomic E-state index is 11.6. The van der Waals surface area contributed by atoms with Gasteiger partial charge in [0.1, 0.15) is 5.78 Å². The first-order valence-electron chi connectivity index (χ1n) is 43.0. The zero-order valence-electron chi connectivity index (χ0n) is 75.5. The average Bonchev–Trinajstić information content (AvgIpc) is 1.75. The van der Waals surface area contributed by atoms with Crippen molar-refractivity contribution in [2.75, 3.05) is 13.1 Å². The molecule has 6 aromatic rings. The van der Waals surface area contributed by atoms with Gasteiger partial charge in [0.2, 0.25) is 5.91 Å². The van der Waals surface area contributed by atoms with Crippen molar-refractivity contribution in [2.45, 2.75) is 349 Å². The van der Waals surface area contributed by atoms with E-state index in [1.807, 2.05) is 54.1 Å². The number of amides is 1. The lowest BCUT2D eigenvalue weighted by molar-refractivity contribution is -0.130. The zero-order valence-corrected chi connectivity index (χ0v) is 75.5. The molecule has 15 heteroatoms. The van der Waals surface area contributed by atoms with Crippen LogP contribution < -0.4 is 0 Å². The summed E-state index contributed by atoms with van der Waals surface area (Å²) >= 11 is 0. The predicted molar refractivity (Wildman–Crippen MR) is 456 cm³/mol. The number of nitrogens with zero attached hydrogens (tertiary/aromatic N) is 10. The van der Waals surface area contributed by atoms with Crippen LogP contribution in [0.25, 0.3) is 5.69 Å². The number of hydrogen-bond acceptors (Lipinski definition) is 9. The van der Waals surface area contributed by atoms with E-state index in [0.29, 0.717) is 99.6 Å². The second-order valence-electron chi connectivity index (χ2n) is 42.1. The minimum atomic E-state index is 0.0956. The third kappa shape index (κ3) is 19.4. The molecule has 5 aromatic heterocycles. The summed E-state index contributed by atoms with van der Waals surface area (Å²) in [5.74, 6) is 4.17. The van der Waals surface area contributed by atoms with Gasteiger partial charge in [-0.3, -0.25) is 38.0 Å². The molecule has 616 valence electrons. The van der Waals surface area contributed by atoms with Crippen LogP contribution in [0.1, 0.15) is 332 Å². The zero-order chi connectivity index (χ0) is 82.9. The highest BCUT2D eigenvalue weighted by atomic mass is 16.2. The average molecular weight is 1530 g/mol. The molecule has 111 heavy (non-hydrogen) atoms. The van der Waals surface area contributed by atoms with Crippen LogP contribution in [0.2, 0.25) is 0 Å². The molecule has 0 N–H and O–H groups in total. The Morgan fingerprint density at radius 1 is 0.432 bits per heavy atom. The first kappa shape index (κ1) is 90.0. The van der Waals surface area contributed by atoms with E-state index in [-0.39, 0.29) is 45.3 Å². The summed E-state index contributed by atoms with van der Waals surface area (Å²) in [4.78, 5) is 58.8. The Hall–Kier alpha value is -6.51. The number of likely N-dealkylation sites (tertiary alicyclic amines) is 1. The molecule has 1 saturated heterocycles. The Labute approximate surface area is 672 Å². The quantitative estimate of drug-likeness (QED) is 0.0910. The van der Waals surface area contributed by atoms with Gasteiger partial charge in [-0.05, 0) is 279 Å². The van der Waals surface area contributed by atoms with E-state index in [0.717, 1.165) is 88.5 Å². The molecular weight excluding hydrogens is 1370 g/mol. The fourth-order valence-corrected chi connectivity index (χ4v) is 22.1. The molecule has 12 rings (SSSR count). The molecule has 0 radical (unpaired) electrons. The molecule has 5 atom stereocenters. The second-order valence-corrected chi connectivity index (χ2v) is 42.1. The van der Waals surface area contributed by atoms with Gasteiger partial charge in [0.05, 0.1) is 42.1 Å². The van der Waals surface area contributed by atoms with Gasteiger partial charge in [-0.1, -0.05) is 173 Å². The van der Waals surface area contributed by atoms with Crippen molar-refractivity contribution >= 4 is 29.0 Å². The van der Waals surface area contributed by atoms with Crippen LogP contribution in [0.3, 0.4) is 0 Å². The minimum Gasteiger partial charge on any atom is -0.348 e. The van der Waals surface area contributed by atoms with Crippen LogP contribution >= 0.6 is 0 Å². The van der Waals surface area contributed by atoms with E-state index in [1.165, 1.54) is 90.0 Å². The standard InChI is InChI=1S/C22H36N2O.C22H30N2O.C18H30N2O.2C17H28N2O/c1-16(2)22(21(4,5)6)11-7-20-18(15-22)8-14-24(20)19-9-12-23(13-10-19)17(3)25;1-15(2)22(21(4,5)6)12-11-20-18(13-22)14-24(23-20)19-9-7-17(8-10-19)16(3)25;1-13(2)18(17(4,5)6)9-7-16-15(11-18)12-20(19-16)10-8-14(3)21;1-12(2)17(16(4,5)6)8-7-15-14(9-17)10-18-19(15)11-13(3)20;1-12(2)17(16(4,5)6)8-7-15-14(9-17)11-19(18-15)10-13(3)20/h8,14,16,19H,7,9-13,15H2,1-6H3;7-10,14-15H,11-13H2,1-6H3;12-13H,7-11H2,1-6H3;10,12H,7-9,11H2,1-6H3;11-12H,7-10H2,1-6H3. The lowest BCUT2D eigenvalue weighted by atomic mass is 9.54. The Bertz CT molecular complexity index is 4150. The Morgan fingerprint density at radius 2 is 0.811 bits per heavy atom. The molecule has 5 aliphatic carbocycles. The molecule has 6 heterocycles. The summed E-state index contributed by atoms with van der Waals surface area (Å²) < 4.78 is 10.2. The first-order chi connectivity index (χ1) is 51.3. The van der Waals surface area contributed by atoms with Crippen LogP contribution in [-0.2, 0) is 103 Å². The van der Waals surface area contributed by atoms with Crippen LogP contribution in [0.15, 0.2) is 61.3 Å². The lowest BCUT2D eigenvalue weighted by Crippen LogP contribution is -2.45. The molecule has 1 amide bonds. The summed E-state index contributed by atoms with van der Waals surface area (Å²) in [6.07, 6.45) is 30.6. The second kappa shape index (κ2) is 34.5. The summed E-state index contributed by atoms with van der Waals surface area (Å²) in [7, 11) is 0. The van der Waals surface area contributed by atoms with Crippen LogP contribution in [0.4, 0.5) is 0 Å². The fraction of sp³-hybridized carbons (Fsp3) is 0.719. The van der Waals surface area contributed by atoms with Crippen molar-refractivity contribution in [3.05, 3.63) is 123 Å². The van der Waals surface area contributed by atoms with Crippen molar-refractivity contribution in [1.82, 2.24) is 48.6 Å². The highest BCUT2D eigenvalue weighted by molar-refractivity contribution is 5.94. The van der Waals surface area contributed by atoms with Crippen LogP contribution in [0, 0.1) is 83.7 Å². The number of piperidine rings is 1. The molecule has 6 aliphatic rings. The van der Waals surface area contributed by atoms with E-state index in [2.05, 4.69) is 219 Å². The molecule has 1 fully saturated rings. The number of ketones is 4. The molecule has 0 saturated carbocycles. The van der Waals surface area contributed by atoms with Gasteiger partial charge in [0, 0.05) is 80.8 Å². The van der Waals surface area contributed by atoms with E-state index in [9.17, 15) is 24.0 Å². The van der Waals surface area contributed by atoms with Gasteiger partial charge in [-0.25, -0.2) is 4.68 Å². The number of hydrogen-bond donors (Lipinski definition) is 0. The number of Topliss-reactive ketones (excluding diaryl/α,β-unsaturated/α-hetero) is 4. The van der Waals surface area contributed by atoms with Crippen LogP contribution in [0.5, 0.6) is 0 Å². The van der Waals surface area contributed by atoms with Gasteiger partial charge in [0.15, 0.2) is 17.3 Å². The van der Waals surface area contributed by atoms with E-state index >= 15 is 0 Å². The number of carbonyl (C=O) groups excluding carboxylic acids is 5. The maximum Gasteiger partial charge on any atom is 0.219 e. The van der Waals surface area contributed by atoms with Crippen LogP contribution in [-0.4, -0.2) is 90.7 Å². The topological polar surface area (TPSA) is 165 Å². The van der Waals surface area contributed by atoms with Crippen molar-refractivity contribution in [3.63, 3.8) is 0 Å². The smallest absolute Gasteiger partial charge is 0.219 e. The molecule has 5 unspecified atom stereocenters. The number of rotatable bonds is 15. The number of aryl methyl sites for hydroxylation is 4. The Balaban J connectivity index is 0.000000175. The highest BCUT2D eigenvalue weighted by Gasteiger charge is 2.52. The molecule has 0 bridgehead atoms. The first-order valence-corrected chi connectivity index (χ1v) is 43.0. The minimum absolute atomic E-state index is 0.0956. The number of aromatic nitrogens is 9. The summed E-state index contributed by atoms with van der Waals surface area (Å²) in [6.45, 7) is 70.8. The third-order valence-electron chi connectivity index (χ3n) is 29.7. The molecule has 15 nitrogen and oxygen atoms in total. The Morgan fingerprint density at radius 3 is 1.21 bits per heavy atom. The van der Waals surface area contributed by atoms with Gasteiger partial charge in [0.25, 0.3) is 0 Å². The third-order valence-corrected chi connectivity index (χ3v) is 29.7. The van der Waals surface area contributed by atoms with Gasteiger partial charge < -0.3 is 9.47 Å². The van der Waals surface area contributed by atoms with Gasteiger partial charge in [-0.15, -0.1) is 0 Å². The van der Waals surface area contributed by atoms with Crippen molar-refractivity contribution in [1.29, 1.82) is 0 Å². The van der Waals surface area contributed by atoms with E-state index in [4.69, 9.17) is 10.2 Å². The summed E-state index contributed by atoms with van der Waals surface area (Å²) in [6, 6.07) is 10.7. The molecular formula is C96H152N10O5. The summed E-state index contributed by atoms with van der Waals surface area (Å²) in [5.41, 5.74) is 18.5. The number of fused-ring (bicyclic) bond motifs is 5. The fourth-order valence-electron chi connectivity index (χ4n) is 22.1. The highest BCUT2D eigenvalue weighted by Crippen LogP contribution is 2.58. The Kier molecular flexibility index (Phi) is 28.0. The van der Waals surface area contributed by atoms with Crippen molar-refractivity contribution in [2.24, 2.45) is 83.7 Å². The van der Waals surface area contributed by atoms with Gasteiger partial charge in [-0.2, -0.15) is 20.4 Å². The number of carbonyl (C=O) groups is 5. The lowest BCUT2D eigenvalue weighted by Gasteiger charge is -2.51. The van der Waals surface area contributed by atoms with Crippen molar-refractivity contribution in [3.8, 4) is 5.69 Å². The van der Waals surface area contributed by atoms with E-state index < -0.39 is 0 Å².